The molecule has 7 nitrogen and oxygen atoms in total. The minimum absolute atomic E-state index is 0.0234. The molecule has 2 N–H and O–H groups in total. The molecule has 1 fully saturated rings. The second-order valence-corrected chi connectivity index (χ2v) is 5.41. The number of nitrogens with zero attached hydrogens (tertiary/aromatic N) is 1. The molecular weight excluding hydrogens is 310 g/mol. The number of carbonyl (C=O) groups excluding carboxylic acids is 2. The summed E-state index contributed by atoms with van der Waals surface area (Å²) in [6, 6.07) is 1.31. The molecule has 2 amide bonds. The second-order valence-electron chi connectivity index (χ2n) is 5.00. The van der Waals surface area contributed by atoms with Crippen molar-refractivity contribution in [2.24, 2.45) is 0 Å². The van der Waals surface area contributed by atoms with Gasteiger partial charge in [0, 0.05) is 25.3 Å². The van der Waals surface area contributed by atoms with Crippen LogP contribution < -0.4 is 10.9 Å². The van der Waals surface area contributed by atoms with E-state index in [2.05, 4.69) is 10.3 Å². The molecule has 0 aromatic carbocycles. The number of likely N-dealkylation sites (tertiary alicyclic amines) is 1. The van der Waals surface area contributed by atoms with Crippen molar-refractivity contribution in [3.63, 3.8) is 0 Å². The monoisotopic (exact) mass is 327 g/mol. The Labute approximate surface area is 132 Å². The van der Waals surface area contributed by atoms with Gasteiger partial charge in [0.15, 0.2) is 0 Å². The largest absolute Gasteiger partial charge is 0.450 e. The normalized spacial score (nSPS) is 15.5. The van der Waals surface area contributed by atoms with Crippen molar-refractivity contribution >= 4 is 23.6 Å². The average molecular weight is 328 g/mol. The number of hydrogen-bond donors (Lipinski definition) is 2. The maximum Gasteiger partial charge on any atom is 0.409 e. The minimum Gasteiger partial charge on any atom is -0.450 e. The molecule has 0 saturated carbocycles. The van der Waals surface area contributed by atoms with E-state index in [0.717, 1.165) is 0 Å². The average Bonchev–Trinajstić information content (AvgIpc) is 2.51. The molecule has 0 unspecified atom stereocenters. The van der Waals surface area contributed by atoms with Gasteiger partial charge in [-0.1, -0.05) is 11.6 Å². The number of H-pyrrole nitrogens is 1. The first-order chi connectivity index (χ1) is 10.5. The fraction of sp³-hybridized carbons (Fsp3) is 0.500. The second kappa shape index (κ2) is 7.31. The zero-order valence-corrected chi connectivity index (χ0v) is 13.0. The highest BCUT2D eigenvalue weighted by Crippen LogP contribution is 2.12. The van der Waals surface area contributed by atoms with E-state index in [1.807, 2.05) is 0 Å². The van der Waals surface area contributed by atoms with Crippen molar-refractivity contribution in [1.29, 1.82) is 0 Å². The summed E-state index contributed by atoms with van der Waals surface area (Å²) < 4.78 is 4.94. The summed E-state index contributed by atoms with van der Waals surface area (Å²) in [5.74, 6) is -0.298. The molecule has 2 heterocycles. The predicted octanol–water partition coefficient (Wildman–Crippen LogP) is 1.38. The zero-order valence-electron chi connectivity index (χ0n) is 12.2. The molecule has 1 aromatic heterocycles. The molecule has 0 aliphatic carbocycles. The van der Waals surface area contributed by atoms with E-state index in [1.54, 1.807) is 11.8 Å². The van der Waals surface area contributed by atoms with Gasteiger partial charge in [-0.25, -0.2) is 4.79 Å². The zero-order chi connectivity index (χ0) is 16.1. The standard InChI is InChI=1S/C14H18ClN3O4/c1-2-22-14(21)18-5-3-10(4-6-18)17-12(19)9-7-11(15)13(20)16-8-9/h7-8,10H,2-6H2,1H3,(H,16,20)(H,17,19). The van der Waals surface area contributed by atoms with Crippen molar-refractivity contribution in [3.8, 4) is 0 Å². The van der Waals surface area contributed by atoms with Crippen LogP contribution in [0.25, 0.3) is 0 Å². The third-order valence-electron chi connectivity index (χ3n) is 3.48. The number of piperidine rings is 1. The van der Waals surface area contributed by atoms with Gasteiger partial charge < -0.3 is 19.9 Å². The van der Waals surface area contributed by atoms with Gasteiger partial charge in [0.1, 0.15) is 5.02 Å². The van der Waals surface area contributed by atoms with Crippen molar-refractivity contribution in [2.45, 2.75) is 25.8 Å². The van der Waals surface area contributed by atoms with Crippen LogP contribution in [0.1, 0.15) is 30.1 Å². The Hall–Kier alpha value is -2.02. The van der Waals surface area contributed by atoms with Gasteiger partial charge in [0.05, 0.1) is 12.2 Å². The fourth-order valence-corrected chi connectivity index (χ4v) is 2.45. The summed E-state index contributed by atoms with van der Waals surface area (Å²) in [6.07, 6.45) is 2.32. The Morgan fingerprint density at radius 1 is 1.45 bits per heavy atom. The first-order valence-electron chi connectivity index (χ1n) is 7.12. The number of hydrogen-bond acceptors (Lipinski definition) is 4. The number of ether oxygens (including phenoxy) is 1. The number of amides is 2. The minimum atomic E-state index is -0.430. The maximum absolute atomic E-state index is 12.1. The number of rotatable bonds is 3. The van der Waals surface area contributed by atoms with Crippen LogP contribution in [0, 0.1) is 0 Å². The lowest BCUT2D eigenvalue weighted by Crippen LogP contribution is -2.46. The SMILES string of the molecule is CCOC(=O)N1CCC(NC(=O)c2c[nH]c(=O)c(Cl)c2)CC1. The third-order valence-corrected chi connectivity index (χ3v) is 3.76. The number of halogens is 1. The highest BCUT2D eigenvalue weighted by atomic mass is 35.5. The molecule has 0 radical (unpaired) electrons. The fourth-order valence-electron chi connectivity index (χ4n) is 2.28. The molecule has 0 atom stereocenters. The number of aromatic amines is 1. The van der Waals surface area contributed by atoms with Gasteiger partial charge in [0.25, 0.3) is 11.5 Å². The molecule has 2 rings (SSSR count). The first-order valence-corrected chi connectivity index (χ1v) is 7.50. The van der Waals surface area contributed by atoms with Crippen LogP contribution in [0.2, 0.25) is 5.02 Å². The quantitative estimate of drug-likeness (QED) is 0.877. The molecule has 1 aliphatic heterocycles. The Balaban J connectivity index is 1.87. The summed E-state index contributed by atoms with van der Waals surface area (Å²) in [6.45, 7) is 3.19. The van der Waals surface area contributed by atoms with Crippen LogP contribution in [-0.2, 0) is 4.74 Å². The summed E-state index contributed by atoms with van der Waals surface area (Å²) >= 11 is 5.70. The molecule has 0 spiro atoms. The van der Waals surface area contributed by atoms with Crippen LogP contribution in [0.4, 0.5) is 4.79 Å². The summed E-state index contributed by atoms with van der Waals surface area (Å²) in [7, 11) is 0. The van der Waals surface area contributed by atoms with Crippen molar-refractivity contribution < 1.29 is 14.3 Å². The van der Waals surface area contributed by atoms with Crippen LogP contribution in [0.3, 0.4) is 0 Å². The van der Waals surface area contributed by atoms with Crippen LogP contribution in [0.15, 0.2) is 17.1 Å². The van der Waals surface area contributed by atoms with Gasteiger partial charge in [-0.05, 0) is 25.8 Å². The van der Waals surface area contributed by atoms with Gasteiger partial charge in [-0.3, -0.25) is 9.59 Å². The number of carbonyl (C=O) groups is 2. The van der Waals surface area contributed by atoms with Crippen LogP contribution in [0.5, 0.6) is 0 Å². The van der Waals surface area contributed by atoms with Crippen LogP contribution >= 0.6 is 11.6 Å². The molecule has 1 saturated heterocycles. The van der Waals surface area contributed by atoms with E-state index in [4.69, 9.17) is 16.3 Å². The van der Waals surface area contributed by atoms with E-state index in [-0.39, 0.29) is 23.1 Å². The molecule has 0 bridgehead atoms. The van der Waals surface area contributed by atoms with Crippen LogP contribution in [-0.4, -0.2) is 47.6 Å². The first kappa shape index (κ1) is 16.4. The molecular formula is C14H18ClN3O4. The number of pyridine rings is 1. The topological polar surface area (TPSA) is 91.5 Å². The van der Waals surface area contributed by atoms with Gasteiger partial charge in [-0.15, -0.1) is 0 Å². The lowest BCUT2D eigenvalue weighted by Gasteiger charge is -2.31. The van der Waals surface area contributed by atoms with Crippen molar-refractivity contribution in [2.75, 3.05) is 19.7 Å². The predicted molar refractivity (Wildman–Crippen MR) is 81.2 cm³/mol. The summed E-state index contributed by atoms with van der Waals surface area (Å²) in [4.78, 5) is 38.9. The summed E-state index contributed by atoms with van der Waals surface area (Å²) in [5, 5.41) is 2.85. The molecule has 22 heavy (non-hydrogen) atoms. The molecule has 8 heteroatoms. The van der Waals surface area contributed by atoms with E-state index in [1.165, 1.54) is 12.3 Å². The van der Waals surface area contributed by atoms with E-state index in [9.17, 15) is 14.4 Å². The molecule has 1 aromatic rings. The van der Waals surface area contributed by atoms with E-state index < -0.39 is 5.56 Å². The number of aromatic nitrogens is 1. The van der Waals surface area contributed by atoms with Crippen molar-refractivity contribution in [1.82, 2.24) is 15.2 Å². The highest BCUT2D eigenvalue weighted by Gasteiger charge is 2.24. The van der Waals surface area contributed by atoms with E-state index >= 15 is 0 Å². The van der Waals surface area contributed by atoms with E-state index in [0.29, 0.717) is 38.1 Å². The smallest absolute Gasteiger partial charge is 0.409 e. The summed E-state index contributed by atoms with van der Waals surface area (Å²) in [5.41, 5.74) is -0.126. The Bertz CT molecular complexity index is 608. The lowest BCUT2D eigenvalue weighted by molar-refractivity contribution is 0.0860. The number of nitrogens with one attached hydrogen (secondary N) is 2. The Morgan fingerprint density at radius 2 is 2.14 bits per heavy atom. The molecule has 1 aliphatic rings. The van der Waals surface area contributed by atoms with Gasteiger partial charge >= 0.3 is 6.09 Å². The lowest BCUT2D eigenvalue weighted by atomic mass is 10.0. The molecule has 120 valence electrons. The third kappa shape index (κ3) is 4.00. The Kier molecular flexibility index (Phi) is 5.43. The van der Waals surface area contributed by atoms with Crippen molar-refractivity contribution in [3.05, 3.63) is 33.2 Å². The van der Waals surface area contributed by atoms with Gasteiger partial charge in [-0.2, -0.15) is 0 Å². The Morgan fingerprint density at radius 3 is 2.73 bits per heavy atom. The van der Waals surface area contributed by atoms with Gasteiger partial charge in [0.2, 0.25) is 0 Å². The highest BCUT2D eigenvalue weighted by molar-refractivity contribution is 6.30. The maximum atomic E-state index is 12.1.